The SMILES string of the molecule is COc1ccc(CNC(=O)COC(=O)CC2(O)CCCCCC2)cc1. The van der Waals surface area contributed by atoms with Crippen molar-refractivity contribution in [2.45, 2.75) is 57.1 Å². The smallest absolute Gasteiger partial charge is 0.309 e. The highest BCUT2D eigenvalue weighted by atomic mass is 16.5. The molecular formula is C19H27NO5. The number of hydrogen-bond acceptors (Lipinski definition) is 5. The third kappa shape index (κ3) is 6.74. The fourth-order valence-corrected chi connectivity index (χ4v) is 3.02. The third-order valence-corrected chi connectivity index (χ3v) is 4.52. The molecule has 0 bridgehead atoms. The summed E-state index contributed by atoms with van der Waals surface area (Å²) in [5, 5.41) is 13.2. The van der Waals surface area contributed by atoms with Gasteiger partial charge in [0.05, 0.1) is 19.1 Å². The number of rotatable bonds is 7. The summed E-state index contributed by atoms with van der Waals surface area (Å²) in [4.78, 5) is 23.7. The lowest BCUT2D eigenvalue weighted by molar-refractivity contribution is -0.153. The van der Waals surface area contributed by atoms with Gasteiger partial charge >= 0.3 is 5.97 Å². The number of amides is 1. The van der Waals surface area contributed by atoms with E-state index < -0.39 is 11.6 Å². The van der Waals surface area contributed by atoms with Gasteiger partial charge in [-0.25, -0.2) is 0 Å². The Morgan fingerprint density at radius 2 is 1.76 bits per heavy atom. The van der Waals surface area contributed by atoms with E-state index in [1.807, 2.05) is 24.3 Å². The Labute approximate surface area is 148 Å². The predicted octanol–water partition coefficient (Wildman–Crippen LogP) is 2.33. The molecule has 6 nitrogen and oxygen atoms in total. The van der Waals surface area contributed by atoms with Gasteiger partial charge in [0.2, 0.25) is 0 Å². The highest BCUT2D eigenvalue weighted by molar-refractivity contribution is 5.80. The number of carbonyl (C=O) groups excluding carboxylic acids is 2. The molecule has 1 aliphatic carbocycles. The maximum Gasteiger partial charge on any atom is 0.309 e. The molecule has 0 aromatic heterocycles. The molecule has 1 fully saturated rings. The van der Waals surface area contributed by atoms with Crippen LogP contribution in [0, 0.1) is 0 Å². The van der Waals surface area contributed by atoms with E-state index in [1.54, 1.807) is 7.11 Å². The molecule has 0 spiro atoms. The lowest BCUT2D eigenvalue weighted by atomic mass is 9.91. The summed E-state index contributed by atoms with van der Waals surface area (Å²) in [7, 11) is 1.59. The van der Waals surface area contributed by atoms with E-state index in [0.29, 0.717) is 19.4 Å². The van der Waals surface area contributed by atoms with Gasteiger partial charge in [0, 0.05) is 6.54 Å². The van der Waals surface area contributed by atoms with Crippen LogP contribution in [0.3, 0.4) is 0 Å². The molecule has 25 heavy (non-hydrogen) atoms. The van der Waals surface area contributed by atoms with Gasteiger partial charge in [-0.15, -0.1) is 0 Å². The van der Waals surface area contributed by atoms with E-state index in [4.69, 9.17) is 9.47 Å². The molecule has 0 radical (unpaired) electrons. The highest BCUT2D eigenvalue weighted by Crippen LogP contribution is 2.30. The second kappa shape index (κ2) is 9.42. The maximum absolute atomic E-state index is 11.9. The summed E-state index contributed by atoms with van der Waals surface area (Å²) in [6.07, 6.45) is 5.21. The Bertz CT molecular complexity index is 562. The molecule has 138 valence electrons. The lowest BCUT2D eigenvalue weighted by Gasteiger charge is -2.25. The van der Waals surface area contributed by atoms with Gasteiger partial charge in [-0.05, 0) is 30.5 Å². The van der Waals surface area contributed by atoms with Gasteiger partial charge in [0.1, 0.15) is 5.75 Å². The van der Waals surface area contributed by atoms with Gasteiger partial charge in [-0.2, -0.15) is 0 Å². The molecule has 1 aromatic carbocycles. The van der Waals surface area contributed by atoms with Crippen LogP contribution in [0.25, 0.3) is 0 Å². The van der Waals surface area contributed by atoms with Crippen molar-refractivity contribution >= 4 is 11.9 Å². The monoisotopic (exact) mass is 349 g/mol. The molecule has 1 saturated carbocycles. The van der Waals surface area contributed by atoms with Crippen molar-refractivity contribution in [1.82, 2.24) is 5.32 Å². The number of methoxy groups -OCH3 is 1. The minimum atomic E-state index is -0.979. The standard InChI is InChI=1S/C19H27NO5/c1-24-16-8-6-15(7-9-16)13-20-17(21)14-25-18(22)12-19(23)10-4-2-3-5-11-19/h6-9,23H,2-5,10-14H2,1H3,(H,20,21). The van der Waals surface area contributed by atoms with Crippen LogP contribution in [-0.4, -0.2) is 36.3 Å². The van der Waals surface area contributed by atoms with Crippen molar-refractivity contribution in [3.05, 3.63) is 29.8 Å². The Balaban J connectivity index is 1.68. The number of nitrogens with one attached hydrogen (secondary N) is 1. The van der Waals surface area contributed by atoms with E-state index in [1.165, 1.54) is 0 Å². The normalized spacial score (nSPS) is 16.6. The first kappa shape index (κ1) is 19.2. The fourth-order valence-electron chi connectivity index (χ4n) is 3.02. The summed E-state index contributed by atoms with van der Waals surface area (Å²) in [6, 6.07) is 7.34. The molecule has 1 aliphatic rings. The van der Waals surface area contributed by atoms with Crippen LogP contribution in [0.1, 0.15) is 50.5 Å². The number of benzene rings is 1. The van der Waals surface area contributed by atoms with Crippen molar-refractivity contribution in [2.24, 2.45) is 0 Å². The number of aliphatic hydroxyl groups is 1. The first-order valence-corrected chi connectivity index (χ1v) is 8.78. The molecule has 2 rings (SSSR count). The molecule has 0 aliphatic heterocycles. The molecule has 2 N–H and O–H groups in total. The largest absolute Gasteiger partial charge is 0.497 e. The topological polar surface area (TPSA) is 84.9 Å². The average Bonchev–Trinajstić information content (AvgIpc) is 2.83. The number of esters is 1. The zero-order valence-electron chi connectivity index (χ0n) is 14.8. The first-order valence-electron chi connectivity index (χ1n) is 8.78. The Morgan fingerprint density at radius 1 is 1.12 bits per heavy atom. The molecule has 6 heteroatoms. The second-order valence-electron chi connectivity index (χ2n) is 6.60. The van der Waals surface area contributed by atoms with Crippen molar-refractivity contribution in [3.63, 3.8) is 0 Å². The van der Waals surface area contributed by atoms with E-state index >= 15 is 0 Å². The molecule has 0 unspecified atom stereocenters. The Hall–Kier alpha value is -2.08. The van der Waals surface area contributed by atoms with Crippen LogP contribution in [0.4, 0.5) is 0 Å². The zero-order chi connectivity index (χ0) is 18.1. The van der Waals surface area contributed by atoms with Crippen LogP contribution in [0.2, 0.25) is 0 Å². The molecule has 1 amide bonds. The fraction of sp³-hybridized carbons (Fsp3) is 0.579. The minimum absolute atomic E-state index is 0.0429. The first-order chi connectivity index (χ1) is 12.0. The predicted molar refractivity (Wildman–Crippen MR) is 93.1 cm³/mol. The summed E-state index contributed by atoms with van der Waals surface area (Å²) in [6.45, 7) is 0.0232. The van der Waals surface area contributed by atoms with Crippen LogP contribution >= 0.6 is 0 Å². The van der Waals surface area contributed by atoms with Crippen molar-refractivity contribution in [1.29, 1.82) is 0 Å². The third-order valence-electron chi connectivity index (χ3n) is 4.52. The van der Waals surface area contributed by atoms with E-state index in [-0.39, 0.29) is 18.9 Å². The van der Waals surface area contributed by atoms with Crippen LogP contribution in [0.5, 0.6) is 5.75 Å². The molecule has 0 atom stereocenters. The number of carbonyl (C=O) groups is 2. The van der Waals surface area contributed by atoms with Crippen molar-refractivity contribution in [3.8, 4) is 5.75 Å². The number of ether oxygens (including phenoxy) is 2. The molecule has 1 aromatic rings. The van der Waals surface area contributed by atoms with Crippen LogP contribution in [-0.2, 0) is 20.9 Å². The minimum Gasteiger partial charge on any atom is -0.497 e. The lowest BCUT2D eigenvalue weighted by Crippen LogP contribution is -2.34. The maximum atomic E-state index is 11.9. The average molecular weight is 349 g/mol. The highest BCUT2D eigenvalue weighted by Gasteiger charge is 2.31. The van der Waals surface area contributed by atoms with E-state index in [2.05, 4.69) is 5.32 Å². The molecule has 0 saturated heterocycles. The second-order valence-corrected chi connectivity index (χ2v) is 6.60. The van der Waals surface area contributed by atoms with Gasteiger partial charge in [-0.1, -0.05) is 37.8 Å². The van der Waals surface area contributed by atoms with E-state index in [0.717, 1.165) is 37.0 Å². The summed E-state index contributed by atoms with van der Waals surface area (Å²) in [5.41, 5.74) is -0.0547. The van der Waals surface area contributed by atoms with Gasteiger partial charge in [0.15, 0.2) is 6.61 Å². The van der Waals surface area contributed by atoms with Gasteiger partial charge < -0.3 is 19.9 Å². The summed E-state index contributed by atoms with van der Waals surface area (Å²) >= 11 is 0. The van der Waals surface area contributed by atoms with Crippen LogP contribution < -0.4 is 10.1 Å². The van der Waals surface area contributed by atoms with Crippen LogP contribution in [0.15, 0.2) is 24.3 Å². The molecular weight excluding hydrogens is 322 g/mol. The Morgan fingerprint density at radius 3 is 2.36 bits per heavy atom. The quantitative estimate of drug-likeness (QED) is 0.583. The summed E-state index contributed by atoms with van der Waals surface area (Å²) in [5.74, 6) is -0.138. The summed E-state index contributed by atoms with van der Waals surface area (Å²) < 4.78 is 10.1. The van der Waals surface area contributed by atoms with Gasteiger partial charge in [-0.3, -0.25) is 9.59 Å². The van der Waals surface area contributed by atoms with E-state index in [9.17, 15) is 14.7 Å². The number of hydrogen-bond donors (Lipinski definition) is 2. The molecule has 0 heterocycles. The van der Waals surface area contributed by atoms with Gasteiger partial charge in [0.25, 0.3) is 5.91 Å². The zero-order valence-corrected chi connectivity index (χ0v) is 14.8. The Kier molecular flexibility index (Phi) is 7.25. The van der Waals surface area contributed by atoms with Crippen molar-refractivity contribution in [2.75, 3.05) is 13.7 Å². The van der Waals surface area contributed by atoms with Crippen molar-refractivity contribution < 1.29 is 24.2 Å².